The average molecular weight is 371 g/mol. The first-order valence-corrected chi connectivity index (χ1v) is 9.12. The Morgan fingerprint density at radius 2 is 1.63 bits per heavy atom. The van der Waals surface area contributed by atoms with Crippen LogP contribution in [0.15, 0.2) is 48.5 Å². The molecule has 0 saturated carbocycles. The van der Waals surface area contributed by atoms with E-state index in [4.69, 9.17) is 9.47 Å². The largest absolute Gasteiger partial charge is 0.494 e. The molecule has 0 spiro atoms. The molecule has 2 rings (SSSR count). The van der Waals surface area contributed by atoms with E-state index in [1.165, 1.54) is 0 Å². The molecule has 2 N–H and O–H groups in total. The van der Waals surface area contributed by atoms with Gasteiger partial charge < -0.3 is 19.7 Å². The summed E-state index contributed by atoms with van der Waals surface area (Å²) in [5, 5.41) is 2.85. The third-order valence-corrected chi connectivity index (χ3v) is 3.88. The van der Waals surface area contributed by atoms with E-state index in [0.29, 0.717) is 31.0 Å². The van der Waals surface area contributed by atoms with Crippen molar-refractivity contribution in [2.75, 3.05) is 32.1 Å². The highest BCUT2D eigenvalue weighted by molar-refractivity contribution is 5.93. The number of esters is 1. The van der Waals surface area contributed by atoms with Gasteiger partial charge in [0.15, 0.2) is 6.54 Å². The molecule has 1 unspecified atom stereocenters. The van der Waals surface area contributed by atoms with Crippen LogP contribution in [0.25, 0.3) is 0 Å². The van der Waals surface area contributed by atoms with E-state index in [2.05, 4.69) is 5.32 Å². The van der Waals surface area contributed by atoms with Crippen LogP contribution in [0.5, 0.6) is 5.75 Å². The molecule has 0 aliphatic heterocycles. The second-order valence-electron chi connectivity index (χ2n) is 6.23. The maximum atomic E-state index is 12.2. The van der Waals surface area contributed by atoms with Crippen molar-refractivity contribution in [2.24, 2.45) is 0 Å². The Kier molecular flexibility index (Phi) is 7.82. The number of amides is 1. The van der Waals surface area contributed by atoms with Gasteiger partial charge in [-0.1, -0.05) is 0 Å². The van der Waals surface area contributed by atoms with E-state index >= 15 is 0 Å². The number of rotatable bonds is 9. The van der Waals surface area contributed by atoms with Gasteiger partial charge >= 0.3 is 5.97 Å². The van der Waals surface area contributed by atoms with Gasteiger partial charge in [0.2, 0.25) is 0 Å². The van der Waals surface area contributed by atoms with Crippen molar-refractivity contribution < 1.29 is 24.0 Å². The van der Waals surface area contributed by atoms with E-state index < -0.39 is 0 Å². The second-order valence-corrected chi connectivity index (χ2v) is 6.23. The third-order valence-electron chi connectivity index (χ3n) is 3.88. The number of ether oxygens (including phenoxy) is 2. The molecule has 6 heteroatoms. The first kappa shape index (κ1) is 20.5. The lowest BCUT2D eigenvalue weighted by atomic mass is 10.2. The van der Waals surface area contributed by atoms with Crippen LogP contribution in [0.3, 0.4) is 0 Å². The van der Waals surface area contributed by atoms with Crippen molar-refractivity contribution in [3.8, 4) is 5.75 Å². The summed E-state index contributed by atoms with van der Waals surface area (Å²) >= 11 is 0. The van der Waals surface area contributed by atoms with Crippen molar-refractivity contribution in [3.05, 3.63) is 59.7 Å². The Bertz CT molecular complexity index is 742. The fourth-order valence-electron chi connectivity index (χ4n) is 2.66. The van der Waals surface area contributed by atoms with Crippen LogP contribution >= 0.6 is 0 Å². The van der Waals surface area contributed by atoms with E-state index in [1.807, 2.05) is 38.2 Å². The van der Waals surface area contributed by atoms with Gasteiger partial charge in [0, 0.05) is 11.3 Å². The maximum Gasteiger partial charge on any atom is 0.338 e. The minimum absolute atomic E-state index is 0.0812. The summed E-state index contributed by atoms with van der Waals surface area (Å²) in [4.78, 5) is 24.9. The number of likely N-dealkylation sites (N-methyl/N-ethyl adjacent to an activating group) is 1. The van der Waals surface area contributed by atoms with Gasteiger partial charge in [-0.15, -0.1) is 0 Å². The lowest BCUT2D eigenvalue weighted by Crippen LogP contribution is -3.08. The predicted molar refractivity (Wildman–Crippen MR) is 104 cm³/mol. The summed E-state index contributed by atoms with van der Waals surface area (Å²) in [5.41, 5.74) is 2.26. The molecular formula is C21H27N2O4+. The van der Waals surface area contributed by atoms with E-state index in [9.17, 15) is 9.59 Å². The van der Waals surface area contributed by atoms with E-state index in [0.717, 1.165) is 22.8 Å². The maximum absolute atomic E-state index is 12.2. The Labute approximate surface area is 160 Å². The quantitative estimate of drug-likeness (QED) is 0.661. The standard InChI is InChI=1S/C21H26N2O4/c1-4-26-19-12-6-16(7-13-19)14-23(3)15-20(24)22-18-10-8-17(9-11-18)21(25)27-5-2/h6-13H,4-5,14-15H2,1-3H3,(H,22,24)/p+1. The number of benzene rings is 2. The summed E-state index contributed by atoms with van der Waals surface area (Å²) in [6, 6.07) is 14.6. The van der Waals surface area contributed by atoms with Crippen LogP contribution < -0.4 is 15.0 Å². The summed E-state index contributed by atoms with van der Waals surface area (Å²) in [7, 11) is 1.97. The molecule has 6 nitrogen and oxygen atoms in total. The number of carbonyl (C=O) groups is 2. The number of quaternary nitrogens is 1. The molecule has 0 heterocycles. The average Bonchev–Trinajstić information content (AvgIpc) is 2.64. The number of hydrogen-bond acceptors (Lipinski definition) is 4. The lowest BCUT2D eigenvalue weighted by Gasteiger charge is -2.14. The zero-order valence-electron chi connectivity index (χ0n) is 16.1. The molecule has 144 valence electrons. The predicted octanol–water partition coefficient (Wildman–Crippen LogP) is 1.92. The molecule has 0 aliphatic rings. The number of carbonyl (C=O) groups excluding carboxylic acids is 2. The number of anilines is 1. The molecule has 0 bridgehead atoms. The highest BCUT2D eigenvalue weighted by Gasteiger charge is 2.12. The fourth-order valence-corrected chi connectivity index (χ4v) is 2.66. The molecule has 1 atom stereocenters. The number of nitrogens with one attached hydrogen (secondary N) is 2. The van der Waals surface area contributed by atoms with Gasteiger partial charge in [0.05, 0.1) is 25.8 Å². The Morgan fingerprint density at radius 1 is 0.963 bits per heavy atom. The molecule has 27 heavy (non-hydrogen) atoms. The topological polar surface area (TPSA) is 69.1 Å². The van der Waals surface area contributed by atoms with Crippen molar-refractivity contribution in [1.29, 1.82) is 0 Å². The second kappa shape index (κ2) is 10.3. The molecular weight excluding hydrogens is 344 g/mol. The Hall–Kier alpha value is -2.86. The van der Waals surface area contributed by atoms with E-state index in [-0.39, 0.29) is 11.9 Å². The van der Waals surface area contributed by atoms with Crippen LogP contribution in [0.2, 0.25) is 0 Å². The van der Waals surface area contributed by atoms with Gasteiger partial charge in [-0.3, -0.25) is 4.79 Å². The lowest BCUT2D eigenvalue weighted by molar-refractivity contribution is -0.885. The van der Waals surface area contributed by atoms with Crippen LogP contribution in [0.4, 0.5) is 5.69 Å². The SMILES string of the molecule is CCOC(=O)c1ccc(NC(=O)C[NH+](C)Cc2ccc(OCC)cc2)cc1. The third kappa shape index (κ3) is 6.75. The molecule has 0 aromatic heterocycles. The van der Waals surface area contributed by atoms with Crippen LogP contribution in [-0.2, 0) is 16.1 Å². The zero-order valence-corrected chi connectivity index (χ0v) is 16.1. The normalized spacial score (nSPS) is 11.5. The summed E-state index contributed by atoms with van der Waals surface area (Å²) in [5.74, 6) is 0.403. The minimum Gasteiger partial charge on any atom is -0.494 e. The van der Waals surface area contributed by atoms with Gasteiger partial charge in [-0.25, -0.2) is 4.79 Å². The van der Waals surface area contributed by atoms with Crippen molar-refractivity contribution in [3.63, 3.8) is 0 Å². The highest BCUT2D eigenvalue weighted by Crippen LogP contribution is 2.12. The summed E-state index contributed by atoms with van der Waals surface area (Å²) in [6.07, 6.45) is 0. The molecule has 2 aromatic rings. The summed E-state index contributed by atoms with van der Waals surface area (Å²) in [6.45, 7) is 5.77. The molecule has 1 amide bonds. The molecule has 2 aromatic carbocycles. The molecule has 0 fully saturated rings. The van der Waals surface area contributed by atoms with Gasteiger partial charge in [-0.2, -0.15) is 0 Å². The Morgan fingerprint density at radius 3 is 2.22 bits per heavy atom. The van der Waals surface area contributed by atoms with Crippen LogP contribution in [0, 0.1) is 0 Å². The number of hydrogen-bond donors (Lipinski definition) is 2. The van der Waals surface area contributed by atoms with Crippen molar-refractivity contribution in [2.45, 2.75) is 20.4 Å². The van der Waals surface area contributed by atoms with Crippen LogP contribution in [-0.4, -0.2) is 38.7 Å². The highest BCUT2D eigenvalue weighted by atomic mass is 16.5. The smallest absolute Gasteiger partial charge is 0.338 e. The van der Waals surface area contributed by atoms with Gasteiger partial charge in [0.1, 0.15) is 12.3 Å². The Balaban J connectivity index is 1.82. The van der Waals surface area contributed by atoms with Crippen molar-refractivity contribution >= 4 is 17.6 Å². The van der Waals surface area contributed by atoms with E-state index in [1.54, 1.807) is 31.2 Å². The fraction of sp³-hybridized carbons (Fsp3) is 0.333. The zero-order chi connectivity index (χ0) is 19.6. The first-order chi connectivity index (χ1) is 13.0. The monoisotopic (exact) mass is 371 g/mol. The molecule has 0 saturated heterocycles. The van der Waals surface area contributed by atoms with Gasteiger partial charge in [0.25, 0.3) is 5.91 Å². The summed E-state index contributed by atoms with van der Waals surface area (Å²) < 4.78 is 10.4. The molecule has 0 aliphatic carbocycles. The first-order valence-electron chi connectivity index (χ1n) is 9.12. The minimum atomic E-state index is -0.366. The van der Waals surface area contributed by atoms with Crippen LogP contribution in [0.1, 0.15) is 29.8 Å². The van der Waals surface area contributed by atoms with Crippen molar-refractivity contribution in [1.82, 2.24) is 0 Å². The van der Waals surface area contributed by atoms with Gasteiger partial charge in [-0.05, 0) is 62.4 Å². The molecule has 0 radical (unpaired) electrons.